The highest BCUT2D eigenvalue weighted by atomic mass is 16.2. The molecule has 1 saturated heterocycles. The molecule has 3 heterocycles. The Labute approximate surface area is 128 Å². The molecule has 0 bridgehead atoms. The van der Waals surface area contributed by atoms with Crippen molar-refractivity contribution in [3.05, 3.63) is 29.7 Å². The number of pyridine rings is 1. The lowest BCUT2D eigenvalue weighted by Gasteiger charge is -2.13. The van der Waals surface area contributed by atoms with E-state index < -0.39 is 0 Å². The lowest BCUT2D eigenvalue weighted by Crippen LogP contribution is -2.25. The second-order valence-corrected chi connectivity index (χ2v) is 5.51. The molecule has 0 spiro atoms. The van der Waals surface area contributed by atoms with Crippen molar-refractivity contribution in [1.82, 2.24) is 24.8 Å². The van der Waals surface area contributed by atoms with Crippen molar-refractivity contribution in [2.24, 2.45) is 0 Å². The van der Waals surface area contributed by atoms with Crippen LogP contribution >= 0.6 is 0 Å². The Hall–Kier alpha value is -2.44. The molecule has 1 aliphatic rings. The van der Waals surface area contributed by atoms with E-state index in [0.717, 1.165) is 18.8 Å². The van der Waals surface area contributed by atoms with Crippen LogP contribution in [0.3, 0.4) is 0 Å². The predicted molar refractivity (Wildman–Crippen MR) is 80.6 cm³/mol. The zero-order valence-electron chi connectivity index (χ0n) is 12.7. The van der Waals surface area contributed by atoms with E-state index in [1.807, 2.05) is 16.2 Å². The maximum absolute atomic E-state index is 12.0. The molecule has 0 aliphatic carbocycles. The molecule has 7 heteroatoms. The first-order valence-electron chi connectivity index (χ1n) is 7.48. The van der Waals surface area contributed by atoms with Crippen LogP contribution in [0.5, 0.6) is 0 Å². The smallest absolute Gasteiger partial charge is 0.252 e. The van der Waals surface area contributed by atoms with Gasteiger partial charge in [0.05, 0.1) is 5.56 Å². The summed E-state index contributed by atoms with van der Waals surface area (Å²) >= 11 is 0. The van der Waals surface area contributed by atoms with Gasteiger partial charge in [0.25, 0.3) is 5.91 Å². The predicted octanol–water partition coefficient (Wildman–Crippen LogP) is 0.815. The summed E-state index contributed by atoms with van der Waals surface area (Å²) < 4.78 is 1.86. The molecular weight excluding hydrogens is 282 g/mol. The lowest BCUT2D eigenvalue weighted by atomic mass is 10.1. The van der Waals surface area contributed by atoms with Crippen LogP contribution < -0.4 is 5.32 Å². The van der Waals surface area contributed by atoms with Crippen molar-refractivity contribution >= 4 is 17.5 Å². The molecule has 1 aliphatic heterocycles. The SMILES string of the molecule is CCNC(=O)c1ccc2nnc([C@@H]3CCN(C(C)=O)C3)n2c1. The van der Waals surface area contributed by atoms with Gasteiger partial charge in [-0.3, -0.25) is 14.0 Å². The average molecular weight is 301 g/mol. The summed E-state index contributed by atoms with van der Waals surface area (Å²) in [5, 5.41) is 11.2. The van der Waals surface area contributed by atoms with Crippen LogP contribution in [-0.2, 0) is 4.79 Å². The second kappa shape index (κ2) is 5.75. The Morgan fingerprint density at radius 2 is 2.18 bits per heavy atom. The van der Waals surface area contributed by atoms with E-state index >= 15 is 0 Å². The van der Waals surface area contributed by atoms with E-state index in [-0.39, 0.29) is 17.7 Å². The first-order chi connectivity index (χ1) is 10.6. The van der Waals surface area contributed by atoms with Crippen LogP contribution in [0.25, 0.3) is 5.65 Å². The maximum Gasteiger partial charge on any atom is 0.252 e. The van der Waals surface area contributed by atoms with Crippen LogP contribution in [-0.4, -0.2) is 50.9 Å². The first kappa shape index (κ1) is 14.5. The molecule has 2 aromatic rings. The molecule has 0 radical (unpaired) electrons. The fraction of sp³-hybridized carbons (Fsp3) is 0.467. The van der Waals surface area contributed by atoms with E-state index in [2.05, 4.69) is 15.5 Å². The number of hydrogen-bond donors (Lipinski definition) is 1. The van der Waals surface area contributed by atoms with Crippen LogP contribution in [0.4, 0.5) is 0 Å². The van der Waals surface area contributed by atoms with Crippen molar-refractivity contribution in [3.63, 3.8) is 0 Å². The van der Waals surface area contributed by atoms with Crippen molar-refractivity contribution in [2.45, 2.75) is 26.2 Å². The topological polar surface area (TPSA) is 79.6 Å². The van der Waals surface area contributed by atoms with Gasteiger partial charge in [0.1, 0.15) is 5.82 Å². The van der Waals surface area contributed by atoms with Gasteiger partial charge >= 0.3 is 0 Å². The average Bonchev–Trinajstić information content (AvgIpc) is 3.13. The number of nitrogens with one attached hydrogen (secondary N) is 1. The second-order valence-electron chi connectivity index (χ2n) is 5.51. The van der Waals surface area contributed by atoms with Gasteiger partial charge in [-0.2, -0.15) is 0 Å². The van der Waals surface area contributed by atoms with Gasteiger partial charge in [0.2, 0.25) is 5.91 Å². The molecule has 1 N–H and O–H groups in total. The molecule has 3 rings (SSSR count). The number of carbonyl (C=O) groups is 2. The quantitative estimate of drug-likeness (QED) is 0.910. The minimum atomic E-state index is -0.110. The van der Waals surface area contributed by atoms with Gasteiger partial charge in [0, 0.05) is 38.7 Å². The fourth-order valence-electron chi connectivity index (χ4n) is 2.84. The Bertz CT molecular complexity index is 724. The third-order valence-electron chi connectivity index (χ3n) is 4.03. The van der Waals surface area contributed by atoms with E-state index in [1.54, 1.807) is 25.3 Å². The molecule has 0 saturated carbocycles. The van der Waals surface area contributed by atoms with Crippen LogP contribution in [0.2, 0.25) is 0 Å². The molecule has 2 amide bonds. The number of aromatic nitrogens is 3. The Kier molecular flexibility index (Phi) is 3.79. The van der Waals surface area contributed by atoms with Crippen LogP contribution in [0.1, 0.15) is 42.4 Å². The highest BCUT2D eigenvalue weighted by molar-refractivity contribution is 5.94. The Morgan fingerprint density at radius 1 is 1.36 bits per heavy atom. The number of nitrogens with zero attached hydrogens (tertiary/aromatic N) is 4. The lowest BCUT2D eigenvalue weighted by molar-refractivity contribution is -0.127. The normalized spacial score (nSPS) is 17.9. The number of fused-ring (bicyclic) bond motifs is 1. The summed E-state index contributed by atoms with van der Waals surface area (Å²) in [6.45, 7) is 5.45. The summed E-state index contributed by atoms with van der Waals surface area (Å²) in [6.07, 6.45) is 2.64. The van der Waals surface area contributed by atoms with E-state index in [4.69, 9.17) is 0 Å². The molecule has 1 fully saturated rings. The standard InChI is InChI=1S/C15H19N5O2/c1-3-16-15(22)12-4-5-13-17-18-14(20(13)9-12)11-6-7-19(8-11)10(2)21/h4-5,9,11H,3,6-8H2,1-2H3,(H,16,22)/t11-/m1/s1. The third-order valence-corrected chi connectivity index (χ3v) is 4.03. The Balaban J connectivity index is 1.92. The number of rotatable bonds is 3. The minimum absolute atomic E-state index is 0.0827. The molecule has 0 aromatic carbocycles. The van der Waals surface area contributed by atoms with Crippen molar-refractivity contribution in [3.8, 4) is 0 Å². The molecule has 7 nitrogen and oxygen atoms in total. The summed E-state index contributed by atoms with van der Waals surface area (Å²) in [4.78, 5) is 25.3. The number of carbonyl (C=O) groups excluding carboxylic acids is 2. The molecule has 0 unspecified atom stereocenters. The fourth-order valence-corrected chi connectivity index (χ4v) is 2.84. The highest BCUT2D eigenvalue weighted by Crippen LogP contribution is 2.26. The molecule has 1 atom stereocenters. The van der Waals surface area contributed by atoms with Crippen molar-refractivity contribution in [2.75, 3.05) is 19.6 Å². The monoisotopic (exact) mass is 301 g/mol. The van der Waals surface area contributed by atoms with Crippen LogP contribution in [0, 0.1) is 0 Å². The molecule has 2 aromatic heterocycles. The van der Waals surface area contributed by atoms with Crippen molar-refractivity contribution < 1.29 is 9.59 Å². The van der Waals surface area contributed by atoms with E-state index in [0.29, 0.717) is 24.3 Å². The van der Waals surface area contributed by atoms with Gasteiger partial charge in [-0.05, 0) is 25.5 Å². The van der Waals surface area contributed by atoms with Gasteiger partial charge in [-0.15, -0.1) is 10.2 Å². The summed E-state index contributed by atoms with van der Waals surface area (Å²) in [5.74, 6) is 0.938. The number of amides is 2. The Morgan fingerprint density at radius 3 is 2.86 bits per heavy atom. The minimum Gasteiger partial charge on any atom is -0.352 e. The van der Waals surface area contributed by atoms with Gasteiger partial charge in [0.15, 0.2) is 5.65 Å². The first-order valence-corrected chi connectivity index (χ1v) is 7.48. The third kappa shape index (κ3) is 2.54. The van der Waals surface area contributed by atoms with E-state index in [9.17, 15) is 9.59 Å². The zero-order valence-corrected chi connectivity index (χ0v) is 12.7. The van der Waals surface area contributed by atoms with E-state index in [1.165, 1.54) is 0 Å². The highest BCUT2D eigenvalue weighted by Gasteiger charge is 2.29. The van der Waals surface area contributed by atoms with Crippen molar-refractivity contribution in [1.29, 1.82) is 0 Å². The summed E-state index contributed by atoms with van der Waals surface area (Å²) in [6, 6.07) is 3.54. The van der Waals surface area contributed by atoms with Gasteiger partial charge < -0.3 is 10.2 Å². The van der Waals surface area contributed by atoms with Crippen LogP contribution in [0.15, 0.2) is 18.3 Å². The maximum atomic E-state index is 12.0. The zero-order chi connectivity index (χ0) is 15.7. The van der Waals surface area contributed by atoms with Gasteiger partial charge in [-0.25, -0.2) is 0 Å². The number of hydrogen-bond acceptors (Lipinski definition) is 4. The largest absolute Gasteiger partial charge is 0.352 e. The summed E-state index contributed by atoms with van der Waals surface area (Å²) in [7, 11) is 0. The molecular formula is C15H19N5O2. The summed E-state index contributed by atoms with van der Waals surface area (Å²) in [5.41, 5.74) is 1.29. The molecule has 116 valence electrons. The number of likely N-dealkylation sites (tertiary alicyclic amines) is 1. The molecule has 22 heavy (non-hydrogen) atoms. The van der Waals surface area contributed by atoms with Gasteiger partial charge in [-0.1, -0.05) is 0 Å².